The second-order valence-corrected chi connectivity index (χ2v) is 11.6. The standard InChI is InChI=1S/C23H39NO4S/c1-18(2)12-21(24-29(25)22(3,4)5)20-13-23(20,16-28-17-26-6)15-27-14-19-10-8-7-9-11-19/h7-11,18,20-21,24H,12-17H2,1-6H3/t20-,21-,23-,29-/m1/s1. The van der Waals surface area contributed by atoms with E-state index in [0.717, 1.165) is 12.8 Å². The van der Waals surface area contributed by atoms with Gasteiger partial charge in [0, 0.05) is 18.6 Å². The van der Waals surface area contributed by atoms with Crippen LogP contribution in [0.4, 0.5) is 0 Å². The van der Waals surface area contributed by atoms with E-state index >= 15 is 0 Å². The van der Waals surface area contributed by atoms with E-state index in [2.05, 4.69) is 30.7 Å². The molecule has 29 heavy (non-hydrogen) atoms. The van der Waals surface area contributed by atoms with Crippen LogP contribution < -0.4 is 4.72 Å². The smallest absolute Gasteiger partial charge is 0.146 e. The van der Waals surface area contributed by atoms with Gasteiger partial charge in [0.1, 0.15) is 6.79 Å². The lowest BCUT2D eigenvalue weighted by Crippen LogP contribution is -2.43. The van der Waals surface area contributed by atoms with Crippen LogP contribution in [0.2, 0.25) is 0 Å². The molecule has 166 valence electrons. The number of ether oxygens (including phenoxy) is 3. The number of hydrogen-bond acceptors (Lipinski definition) is 4. The van der Waals surface area contributed by atoms with Crippen molar-refractivity contribution in [3.63, 3.8) is 0 Å². The lowest BCUT2D eigenvalue weighted by Gasteiger charge is -2.28. The quantitative estimate of drug-likeness (QED) is 0.378. The molecule has 1 fully saturated rings. The van der Waals surface area contributed by atoms with Crippen LogP contribution in [0.1, 0.15) is 53.0 Å². The van der Waals surface area contributed by atoms with Gasteiger partial charge in [-0.25, -0.2) is 8.93 Å². The molecule has 0 aromatic heterocycles. The lowest BCUT2D eigenvalue weighted by molar-refractivity contribution is -0.0654. The molecule has 0 radical (unpaired) electrons. The average molecular weight is 426 g/mol. The van der Waals surface area contributed by atoms with Crippen molar-refractivity contribution < 1.29 is 18.4 Å². The first-order valence-corrected chi connectivity index (χ1v) is 11.7. The Morgan fingerprint density at radius 1 is 1.17 bits per heavy atom. The van der Waals surface area contributed by atoms with E-state index in [0.29, 0.717) is 31.7 Å². The number of nitrogens with one attached hydrogen (secondary N) is 1. The van der Waals surface area contributed by atoms with Gasteiger partial charge in [0.05, 0.1) is 35.6 Å². The monoisotopic (exact) mass is 425 g/mol. The van der Waals surface area contributed by atoms with Gasteiger partial charge < -0.3 is 14.2 Å². The number of rotatable bonds is 13. The molecule has 0 amide bonds. The molecule has 0 aliphatic heterocycles. The lowest BCUT2D eigenvalue weighted by atomic mass is 9.95. The Morgan fingerprint density at radius 2 is 1.83 bits per heavy atom. The van der Waals surface area contributed by atoms with E-state index in [-0.39, 0.29) is 23.0 Å². The normalized spacial score (nSPS) is 23.9. The Balaban J connectivity index is 2.04. The van der Waals surface area contributed by atoms with E-state index in [1.54, 1.807) is 7.11 Å². The Kier molecular flexibility index (Phi) is 9.29. The van der Waals surface area contributed by atoms with Gasteiger partial charge in [0.2, 0.25) is 0 Å². The summed E-state index contributed by atoms with van der Waals surface area (Å²) >= 11 is 0. The second-order valence-electron chi connectivity index (χ2n) is 9.64. The van der Waals surface area contributed by atoms with Gasteiger partial charge in [-0.3, -0.25) is 0 Å². The summed E-state index contributed by atoms with van der Waals surface area (Å²) in [5, 5.41) is 0. The molecule has 1 N–H and O–H groups in total. The Morgan fingerprint density at radius 3 is 2.41 bits per heavy atom. The van der Waals surface area contributed by atoms with Crippen LogP contribution in [-0.4, -0.2) is 42.1 Å². The molecule has 0 heterocycles. The third-order valence-electron chi connectivity index (χ3n) is 5.37. The van der Waals surface area contributed by atoms with Gasteiger partial charge in [0.25, 0.3) is 0 Å². The molecule has 1 saturated carbocycles. The third kappa shape index (κ3) is 7.76. The summed E-state index contributed by atoms with van der Waals surface area (Å²) in [6, 6.07) is 10.4. The summed E-state index contributed by atoms with van der Waals surface area (Å²) in [6.07, 6.45) is 1.99. The summed E-state index contributed by atoms with van der Waals surface area (Å²) in [4.78, 5) is 0. The van der Waals surface area contributed by atoms with Crippen molar-refractivity contribution in [2.45, 2.75) is 64.9 Å². The molecule has 0 bridgehead atoms. The van der Waals surface area contributed by atoms with Crippen LogP contribution in [0, 0.1) is 17.3 Å². The highest BCUT2D eigenvalue weighted by Crippen LogP contribution is 2.56. The molecule has 1 aromatic rings. The van der Waals surface area contributed by atoms with E-state index in [1.807, 2.05) is 39.0 Å². The Bertz CT molecular complexity index is 632. The molecule has 1 aromatic carbocycles. The van der Waals surface area contributed by atoms with Gasteiger partial charge in [-0.05, 0) is 51.0 Å². The third-order valence-corrected chi connectivity index (χ3v) is 7.00. The zero-order chi connectivity index (χ0) is 21.5. The summed E-state index contributed by atoms with van der Waals surface area (Å²) in [5.74, 6) is 0.900. The highest BCUT2D eigenvalue weighted by molar-refractivity contribution is 7.84. The van der Waals surface area contributed by atoms with Gasteiger partial charge >= 0.3 is 0 Å². The van der Waals surface area contributed by atoms with E-state index in [9.17, 15) is 4.21 Å². The molecule has 6 heteroatoms. The van der Waals surface area contributed by atoms with Crippen LogP contribution in [0.3, 0.4) is 0 Å². The molecule has 2 rings (SSSR count). The molecule has 1 aliphatic carbocycles. The van der Waals surface area contributed by atoms with Crippen LogP contribution in [0.5, 0.6) is 0 Å². The topological polar surface area (TPSA) is 56.8 Å². The maximum Gasteiger partial charge on any atom is 0.146 e. The zero-order valence-electron chi connectivity index (χ0n) is 18.9. The summed E-state index contributed by atoms with van der Waals surface area (Å²) in [5.41, 5.74) is 1.12. The average Bonchev–Trinajstić information content (AvgIpc) is 3.35. The molecule has 1 aliphatic rings. The van der Waals surface area contributed by atoms with Crippen molar-refractivity contribution in [1.82, 2.24) is 4.72 Å². The van der Waals surface area contributed by atoms with Crippen molar-refractivity contribution >= 4 is 11.0 Å². The van der Waals surface area contributed by atoms with Gasteiger partial charge in [-0.2, -0.15) is 0 Å². The fourth-order valence-electron chi connectivity index (χ4n) is 3.71. The Labute approximate surface area is 179 Å². The van der Waals surface area contributed by atoms with Crippen LogP contribution in [0.15, 0.2) is 30.3 Å². The van der Waals surface area contributed by atoms with E-state index < -0.39 is 11.0 Å². The molecule has 4 atom stereocenters. The number of hydrogen-bond donors (Lipinski definition) is 1. The molecule has 0 unspecified atom stereocenters. The molecule has 0 saturated heterocycles. The van der Waals surface area contributed by atoms with E-state index in [4.69, 9.17) is 14.2 Å². The Hall–Kier alpha value is -0.790. The van der Waals surface area contributed by atoms with Crippen LogP contribution >= 0.6 is 0 Å². The van der Waals surface area contributed by atoms with Crippen LogP contribution in [0.25, 0.3) is 0 Å². The van der Waals surface area contributed by atoms with E-state index in [1.165, 1.54) is 5.56 Å². The first-order valence-electron chi connectivity index (χ1n) is 10.5. The second kappa shape index (κ2) is 11.0. The molecular weight excluding hydrogens is 386 g/mol. The summed E-state index contributed by atoms with van der Waals surface area (Å²) < 4.78 is 32.9. The zero-order valence-corrected chi connectivity index (χ0v) is 19.7. The maximum atomic E-state index is 12.8. The fraction of sp³-hybridized carbons (Fsp3) is 0.739. The fourth-order valence-corrected chi connectivity index (χ4v) is 4.60. The molecule has 0 spiro atoms. The largest absolute Gasteiger partial charge is 0.376 e. The molecular formula is C23H39NO4S. The summed E-state index contributed by atoms with van der Waals surface area (Å²) in [7, 11) is 0.541. The number of methoxy groups -OCH3 is 1. The van der Waals surface area contributed by atoms with Crippen molar-refractivity contribution in [2.24, 2.45) is 17.3 Å². The first-order chi connectivity index (χ1) is 13.7. The van der Waals surface area contributed by atoms with Crippen molar-refractivity contribution in [3.8, 4) is 0 Å². The first kappa shape index (κ1) is 24.5. The highest BCUT2D eigenvalue weighted by Gasteiger charge is 2.58. The van der Waals surface area contributed by atoms with Crippen LogP contribution in [-0.2, 0) is 31.8 Å². The minimum atomic E-state index is -1.10. The summed E-state index contributed by atoms with van der Waals surface area (Å²) in [6.45, 7) is 12.6. The molecule has 5 nitrogen and oxygen atoms in total. The van der Waals surface area contributed by atoms with Crippen molar-refractivity contribution in [3.05, 3.63) is 35.9 Å². The predicted molar refractivity (Wildman–Crippen MR) is 119 cm³/mol. The number of benzene rings is 1. The minimum absolute atomic E-state index is 0.0536. The minimum Gasteiger partial charge on any atom is -0.376 e. The van der Waals surface area contributed by atoms with Gasteiger partial charge in [-0.15, -0.1) is 0 Å². The van der Waals surface area contributed by atoms with Gasteiger partial charge in [-0.1, -0.05) is 44.2 Å². The predicted octanol–water partition coefficient (Wildman–Crippen LogP) is 4.30. The maximum absolute atomic E-state index is 12.8. The van der Waals surface area contributed by atoms with Crippen molar-refractivity contribution in [2.75, 3.05) is 27.1 Å². The van der Waals surface area contributed by atoms with Crippen molar-refractivity contribution in [1.29, 1.82) is 0 Å². The SMILES string of the molecule is COCOC[C@]1(COCc2ccccc2)C[C@@H]1[C@@H](CC(C)C)N[S@](=O)C(C)(C)C. The highest BCUT2D eigenvalue weighted by atomic mass is 32.2. The van der Waals surface area contributed by atoms with Gasteiger partial charge in [0.15, 0.2) is 0 Å².